The lowest BCUT2D eigenvalue weighted by atomic mass is 10.1. The van der Waals surface area contributed by atoms with Gasteiger partial charge in [-0.3, -0.25) is 14.9 Å². The standard InChI is InChI=1S/C19H12N4O3S/c24-19-17-16(14-6-2-1-3-7-14)11-27-18(17)20-12-22(19)21-10-13-5-4-8-15(9-13)23(25)26/h1-12H. The van der Waals surface area contributed by atoms with Gasteiger partial charge in [0, 0.05) is 28.6 Å². The third-order valence-corrected chi connectivity index (χ3v) is 4.86. The molecule has 0 bridgehead atoms. The van der Waals surface area contributed by atoms with E-state index in [1.165, 1.54) is 36.0 Å². The molecule has 4 aromatic rings. The number of nitro groups is 1. The molecular weight excluding hydrogens is 364 g/mol. The van der Waals surface area contributed by atoms with Crippen molar-refractivity contribution in [2.75, 3.05) is 0 Å². The average Bonchev–Trinajstić information content (AvgIpc) is 3.13. The van der Waals surface area contributed by atoms with Crippen molar-refractivity contribution >= 4 is 33.5 Å². The summed E-state index contributed by atoms with van der Waals surface area (Å²) in [7, 11) is 0. The van der Waals surface area contributed by atoms with Gasteiger partial charge in [-0.1, -0.05) is 42.5 Å². The minimum absolute atomic E-state index is 0.0379. The van der Waals surface area contributed by atoms with Crippen molar-refractivity contribution in [3.63, 3.8) is 0 Å². The summed E-state index contributed by atoms with van der Waals surface area (Å²) in [4.78, 5) is 28.2. The second-order valence-corrected chi connectivity index (χ2v) is 6.54. The zero-order valence-corrected chi connectivity index (χ0v) is 14.7. The smallest absolute Gasteiger partial charge is 0.267 e. The summed E-state index contributed by atoms with van der Waals surface area (Å²) in [5.74, 6) is 0. The van der Waals surface area contributed by atoms with Crippen LogP contribution in [0.4, 0.5) is 5.69 Å². The van der Waals surface area contributed by atoms with Crippen molar-refractivity contribution in [3.8, 4) is 11.1 Å². The Morgan fingerprint density at radius 3 is 2.74 bits per heavy atom. The van der Waals surface area contributed by atoms with Crippen molar-refractivity contribution in [1.82, 2.24) is 9.66 Å². The maximum atomic E-state index is 12.9. The number of rotatable bonds is 4. The molecule has 0 atom stereocenters. The predicted octanol–water partition coefficient (Wildman–Crippen LogP) is 3.92. The number of nitro benzene ring substituents is 1. The van der Waals surface area contributed by atoms with E-state index in [0.717, 1.165) is 15.8 Å². The number of fused-ring (bicyclic) bond motifs is 1. The number of nitrogens with zero attached hydrogens (tertiary/aromatic N) is 4. The maximum absolute atomic E-state index is 12.9. The van der Waals surface area contributed by atoms with E-state index in [9.17, 15) is 14.9 Å². The Labute approximate surface area is 157 Å². The van der Waals surface area contributed by atoms with Gasteiger partial charge in [-0.25, -0.2) is 4.98 Å². The molecule has 27 heavy (non-hydrogen) atoms. The molecule has 0 unspecified atom stereocenters. The van der Waals surface area contributed by atoms with Crippen molar-refractivity contribution in [2.24, 2.45) is 5.10 Å². The van der Waals surface area contributed by atoms with E-state index in [0.29, 0.717) is 15.8 Å². The van der Waals surface area contributed by atoms with Crippen LogP contribution in [0, 0.1) is 10.1 Å². The minimum atomic E-state index is -0.478. The average molecular weight is 376 g/mol. The summed E-state index contributed by atoms with van der Waals surface area (Å²) < 4.78 is 1.14. The van der Waals surface area contributed by atoms with Gasteiger partial charge in [0.15, 0.2) is 0 Å². The van der Waals surface area contributed by atoms with E-state index in [4.69, 9.17) is 0 Å². The van der Waals surface area contributed by atoms with Gasteiger partial charge in [-0.05, 0) is 5.56 Å². The van der Waals surface area contributed by atoms with E-state index in [1.54, 1.807) is 12.1 Å². The Bertz CT molecular complexity index is 1230. The van der Waals surface area contributed by atoms with Gasteiger partial charge in [-0.15, -0.1) is 11.3 Å². The van der Waals surface area contributed by atoms with Gasteiger partial charge in [0.25, 0.3) is 11.2 Å². The zero-order chi connectivity index (χ0) is 18.8. The van der Waals surface area contributed by atoms with Gasteiger partial charge in [0.2, 0.25) is 0 Å². The molecule has 4 rings (SSSR count). The van der Waals surface area contributed by atoms with Crippen LogP contribution in [0.1, 0.15) is 5.56 Å². The lowest BCUT2D eigenvalue weighted by Crippen LogP contribution is -2.16. The first-order valence-corrected chi connectivity index (χ1v) is 8.84. The first-order valence-electron chi connectivity index (χ1n) is 7.96. The molecule has 0 radical (unpaired) electrons. The number of aromatic nitrogens is 2. The Morgan fingerprint density at radius 2 is 1.96 bits per heavy atom. The minimum Gasteiger partial charge on any atom is -0.267 e. The van der Waals surface area contributed by atoms with E-state index < -0.39 is 4.92 Å². The van der Waals surface area contributed by atoms with Crippen LogP contribution in [-0.2, 0) is 0 Å². The Morgan fingerprint density at radius 1 is 1.15 bits per heavy atom. The highest BCUT2D eigenvalue weighted by Gasteiger charge is 2.13. The molecule has 132 valence electrons. The molecule has 2 aromatic carbocycles. The highest BCUT2D eigenvalue weighted by Crippen LogP contribution is 2.30. The second kappa shape index (κ2) is 6.93. The fraction of sp³-hybridized carbons (Fsp3) is 0. The monoisotopic (exact) mass is 376 g/mol. The number of hydrogen-bond acceptors (Lipinski definition) is 6. The topological polar surface area (TPSA) is 90.4 Å². The number of non-ortho nitro benzene ring substituents is 1. The number of benzene rings is 2. The molecule has 0 aliphatic rings. The van der Waals surface area contributed by atoms with Crippen LogP contribution in [-0.4, -0.2) is 20.8 Å². The maximum Gasteiger partial charge on any atom is 0.283 e. The Kier molecular flexibility index (Phi) is 4.31. The molecule has 8 heteroatoms. The third kappa shape index (κ3) is 3.25. The molecule has 0 aliphatic carbocycles. The zero-order valence-electron chi connectivity index (χ0n) is 13.9. The van der Waals surface area contributed by atoms with Gasteiger partial charge >= 0.3 is 0 Å². The molecule has 7 nitrogen and oxygen atoms in total. The molecule has 0 saturated heterocycles. The summed E-state index contributed by atoms with van der Waals surface area (Å²) in [6.45, 7) is 0. The van der Waals surface area contributed by atoms with Crippen LogP contribution in [0.25, 0.3) is 21.3 Å². The fourth-order valence-corrected chi connectivity index (χ4v) is 3.59. The Hall–Kier alpha value is -3.65. The van der Waals surface area contributed by atoms with Gasteiger partial charge < -0.3 is 0 Å². The van der Waals surface area contributed by atoms with Gasteiger partial charge in [0.1, 0.15) is 11.2 Å². The largest absolute Gasteiger partial charge is 0.283 e. The van der Waals surface area contributed by atoms with E-state index in [2.05, 4.69) is 10.1 Å². The SMILES string of the molecule is O=c1c2c(-c3ccccc3)csc2ncn1N=Cc1cccc([N+](=O)[O-])c1. The summed E-state index contributed by atoms with van der Waals surface area (Å²) in [5.41, 5.74) is 1.94. The van der Waals surface area contributed by atoms with Crippen molar-refractivity contribution in [1.29, 1.82) is 0 Å². The van der Waals surface area contributed by atoms with Crippen LogP contribution in [0.5, 0.6) is 0 Å². The van der Waals surface area contributed by atoms with Crippen molar-refractivity contribution < 1.29 is 4.92 Å². The number of hydrogen-bond donors (Lipinski definition) is 0. The molecule has 0 amide bonds. The number of thiophene rings is 1. The molecule has 0 saturated carbocycles. The molecule has 2 aromatic heterocycles. The van der Waals surface area contributed by atoms with Gasteiger partial charge in [-0.2, -0.15) is 9.78 Å². The molecule has 0 spiro atoms. The quantitative estimate of drug-likeness (QED) is 0.307. The molecule has 2 heterocycles. The van der Waals surface area contributed by atoms with Crippen LogP contribution in [0.2, 0.25) is 0 Å². The third-order valence-electron chi connectivity index (χ3n) is 3.97. The lowest BCUT2D eigenvalue weighted by Gasteiger charge is -2.01. The molecule has 0 fully saturated rings. The van der Waals surface area contributed by atoms with Crippen molar-refractivity contribution in [3.05, 3.63) is 92.3 Å². The van der Waals surface area contributed by atoms with Crippen LogP contribution < -0.4 is 5.56 Å². The normalized spacial score (nSPS) is 11.3. The fourth-order valence-electron chi connectivity index (χ4n) is 2.68. The van der Waals surface area contributed by atoms with E-state index >= 15 is 0 Å². The van der Waals surface area contributed by atoms with E-state index in [1.807, 2.05) is 35.7 Å². The highest BCUT2D eigenvalue weighted by molar-refractivity contribution is 7.17. The Balaban J connectivity index is 1.77. The molecular formula is C19H12N4O3S. The first-order chi connectivity index (χ1) is 13.1. The van der Waals surface area contributed by atoms with Crippen LogP contribution in [0.15, 0.2) is 76.2 Å². The molecule has 0 N–H and O–H groups in total. The van der Waals surface area contributed by atoms with Gasteiger partial charge in [0.05, 0.1) is 16.5 Å². The molecule has 0 aliphatic heterocycles. The highest BCUT2D eigenvalue weighted by atomic mass is 32.1. The van der Waals surface area contributed by atoms with Crippen LogP contribution in [0.3, 0.4) is 0 Å². The van der Waals surface area contributed by atoms with Crippen molar-refractivity contribution in [2.45, 2.75) is 0 Å². The summed E-state index contributed by atoms with van der Waals surface area (Å²) >= 11 is 1.40. The second-order valence-electron chi connectivity index (χ2n) is 5.69. The summed E-state index contributed by atoms with van der Waals surface area (Å²) in [5, 5.41) is 17.4. The first kappa shape index (κ1) is 16.8. The van der Waals surface area contributed by atoms with Crippen LogP contribution >= 0.6 is 11.3 Å². The van der Waals surface area contributed by atoms with E-state index in [-0.39, 0.29) is 11.2 Å². The summed E-state index contributed by atoms with van der Waals surface area (Å²) in [6.07, 6.45) is 2.75. The predicted molar refractivity (Wildman–Crippen MR) is 105 cm³/mol. The summed E-state index contributed by atoms with van der Waals surface area (Å²) in [6, 6.07) is 15.6. The lowest BCUT2D eigenvalue weighted by molar-refractivity contribution is -0.384.